The van der Waals surface area contributed by atoms with E-state index in [1.165, 1.54) is 43.8 Å². The van der Waals surface area contributed by atoms with Crippen molar-refractivity contribution in [3.05, 3.63) is 164 Å². The summed E-state index contributed by atoms with van der Waals surface area (Å²) in [7, 11) is 0. The van der Waals surface area contributed by atoms with Gasteiger partial charge in [-0.05, 0) is 87.6 Å². The summed E-state index contributed by atoms with van der Waals surface area (Å²) in [6.45, 7) is 0. The molecule has 55 heavy (non-hydrogen) atoms. The zero-order chi connectivity index (χ0) is 35.8. The molecule has 5 heteroatoms. The second-order valence-corrected chi connectivity index (χ2v) is 14.5. The van der Waals surface area contributed by atoms with Gasteiger partial charge in [0.05, 0.1) is 27.8 Å². The fourth-order valence-electron chi connectivity index (χ4n) is 9.19. The van der Waals surface area contributed by atoms with Crippen LogP contribution in [0.25, 0.3) is 127 Å². The molecule has 12 aromatic rings. The van der Waals surface area contributed by atoms with Gasteiger partial charge in [-0.3, -0.25) is 4.57 Å². The highest BCUT2D eigenvalue weighted by Gasteiger charge is 2.26. The maximum Gasteiger partial charge on any atom is 0.235 e. The SMILES string of the molecule is c1ccc(-c2cc(-c3ccc4oc5c(ccc6oc7ccccc7c65)c4c3)nc(-n3c4cccc5c4c4c6c(cccc6ccc43)-c3ccccc3-5)n2)cc1. The molecule has 0 N–H and O–H groups in total. The third-order valence-electron chi connectivity index (χ3n) is 11.6. The lowest BCUT2D eigenvalue weighted by molar-refractivity contribution is 0.663. The summed E-state index contributed by atoms with van der Waals surface area (Å²) in [5, 5.41) is 9.05. The van der Waals surface area contributed by atoms with E-state index in [0.717, 1.165) is 77.4 Å². The standard InChI is InChI=1S/C50H27N3O2/c1-2-10-28(11-3-1)38-27-39(30-21-24-43-37(26-30)35-22-25-44-47(49(35)55-43)36-15-6-7-19-42(36)54-44)52-50(51-38)53-40-18-9-17-34-32-14-5-4-13-31(32)33-16-8-12-29-20-23-41(53)48(45(29)33)46(34)40/h1-27H. The minimum Gasteiger partial charge on any atom is -0.456 e. The van der Waals surface area contributed by atoms with Crippen LogP contribution in [0.4, 0.5) is 0 Å². The van der Waals surface area contributed by atoms with Gasteiger partial charge in [-0.1, -0.05) is 109 Å². The van der Waals surface area contributed by atoms with Crippen LogP contribution in [-0.2, 0) is 0 Å². The molecule has 0 saturated heterocycles. The van der Waals surface area contributed by atoms with Crippen molar-refractivity contribution < 1.29 is 8.83 Å². The molecule has 8 aromatic carbocycles. The Bertz CT molecular complexity index is 3610. The van der Waals surface area contributed by atoms with Crippen LogP contribution in [0.2, 0.25) is 0 Å². The molecule has 0 amide bonds. The van der Waals surface area contributed by atoms with E-state index < -0.39 is 0 Å². The summed E-state index contributed by atoms with van der Waals surface area (Å²) in [6, 6.07) is 57.7. The lowest BCUT2D eigenvalue weighted by Crippen LogP contribution is -2.04. The van der Waals surface area contributed by atoms with Gasteiger partial charge in [0.1, 0.15) is 22.3 Å². The molecule has 0 fully saturated rings. The monoisotopic (exact) mass is 701 g/mol. The molecule has 0 atom stereocenters. The Kier molecular flexibility index (Phi) is 5.57. The van der Waals surface area contributed by atoms with Crippen molar-refractivity contribution in [1.82, 2.24) is 14.5 Å². The topological polar surface area (TPSA) is 57.0 Å². The van der Waals surface area contributed by atoms with Crippen molar-refractivity contribution >= 4 is 76.5 Å². The van der Waals surface area contributed by atoms with Gasteiger partial charge in [0.15, 0.2) is 0 Å². The third-order valence-corrected chi connectivity index (χ3v) is 11.6. The Hall–Kier alpha value is -7.50. The molecule has 1 aliphatic rings. The van der Waals surface area contributed by atoms with Gasteiger partial charge in [0.2, 0.25) is 5.95 Å². The quantitative estimate of drug-likeness (QED) is 0.184. The van der Waals surface area contributed by atoms with Crippen LogP contribution < -0.4 is 0 Å². The molecular weight excluding hydrogens is 675 g/mol. The third kappa shape index (κ3) is 3.91. The minimum absolute atomic E-state index is 0.628. The van der Waals surface area contributed by atoms with Crippen LogP contribution in [-0.4, -0.2) is 14.5 Å². The van der Waals surface area contributed by atoms with Gasteiger partial charge in [-0.15, -0.1) is 0 Å². The van der Waals surface area contributed by atoms with E-state index in [9.17, 15) is 0 Å². The Balaban J connectivity index is 1.10. The van der Waals surface area contributed by atoms with Gasteiger partial charge in [-0.2, -0.15) is 0 Å². The first-order valence-corrected chi connectivity index (χ1v) is 18.6. The number of para-hydroxylation sites is 1. The van der Waals surface area contributed by atoms with Crippen molar-refractivity contribution in [3.8, 4) is 50.7 Å². The van der Waals surface area contributed by atoms with E-state index in [4.69, 9.17) is 18.8 Å². The van der Waals surface area contributed by atoms with E-state index in [0.29, 0.717) is 5.95 Å². The predicted molar refractivity (Wildman–Crippen MR) is 224 cm³/mol. The molecular formula is C50H27N3O2. The second kappa shape index (κ2) is 10.6. The van der Waals surface area contributed by atoms with Crippen molar-refractivity contribution in [2.45, 2.75) is 0 Å². The Morgan fingerprint density at radius 1 is 0.382 bits per heavy atom. The summed E-state index contributed by atoms with van der Waals surface area (Å²) in [5.41, 5.74) is 14.1. The fourth-order valence-corrected chi connectivity index (χ4v) is 9.19. The number of nitrogens with zero attached hydrogens (tertiary/aromatic N) is 3. The first kappa shape index (κ1) is 29.0. The molecule has 0 aliphatic heterocycles. The molecule has 0 spiro atoms. The van der Waals surface area contributed by atoms with Crippen molar-refractivity contribution in [3.63, 3.8) is 0 Å². The molecule has 13 rings (SSSR count). The van der Waals surface area contributed by atoms with Gasteiger partial charge < -0.3 is 8.83 Å². The lowest BCUT2D eigenvalue weighted by Gasteiger charge is -2.14. The number of benzene rings is 8. The summed E-state index contributed by atoms with van der Waals surface area (Å²) in [6.07, 6.45) is 0. The summed E-state index contributed by atoms with van der Waals surface area (Å²) in [4.78, 5) is 10.8. The van der Waals surface area contributed by atoms with Crippen LogP contribution in [0.1, 0.15) is 0 Å². The molecule has 0 saturated carbocycles. The average molecular weight is 702 g/mol. The van der Waals surface area contributed by atoms with Crippen LogP contribution in [0.3, 0.4) is 0 Å². The van der Waals surface area contributed by atoms with Crippen molar-refractivity contribution in [2.75, 3.05) is 0 Å². The maximum atomic E-state index is 6.58. The molecule has 4 heterocycles. The smallest absolute Gasteiger partial charge is 0.235 e. The van der Waals surface area contributed by atoms with Crippen molar-refractivity contribution in [2.24, 2.45) is 0 Å². The van der Waals surface area contributed by atoms with Gasteiger partial charge in [0.25, 0.3) is 0 Å². The first-order valence-electron chi connectivity index (χ1n) is 18.6. The molecule has 0 bridgehead atoms. The van der Waals surface area contributed by atoms with E-state index >= 15 is 0 Å². The van der Waals surface area contributed by atoms with E-state index in [-0.39, 0.29) is 0 Å². The van der Waals surface area contributed by atoms with Gasteiger partial charge in [0, 0.05) is 38.1 Å². The second-order valence-electron chi connectivity index (χ2n) is 14.5. The summed E-state index contributed by atoms with van der Waals surface area (Å²) < 4.78 is 15.0. The highest BCUT2D eigenvalue weighted by Crippen LogP contribution is 2.49. The normalized spacial score (nSPS) is 12.4. The number of rotatable bonds is 3. The van der Waals surface area contributed by atoms with Crippen LogP contribution >= 0.6 is 0 Å². The maximum absolute atomic E-state index is 6.58. The van der Waals surface area contributed by atoms with E-state index in [2.05, 4.69) is 144 Å². The molecule has 254 valence electrons. The highest BCUT2D eigenvalue weighted by molar-refractivity contribution is 6.30. The zero-order valence-corrected chi connectivity index (χ0v) is 29.2. The molecule has 5 nitrogen and oxygen atoms in total. The van der Waals surface area contributed by atoms with E-state index in [1.807, 2.05) is 24.3 Å². The largest absolute Gasteiger partial charge is 0.456 e. The van der Waals surface area contributed by atoms with Crippen LogP contribution in [0.15, 0.2) is 173 Å². The fraction of sp³-hybridized carbons (Fsp3) is 0. The van der Waals surface area contributed by atoms with Crippen LogP contribution in [0, 0.1) is 0 Å². The highest BCUT2D eigenvalue weighted by atomic mass is 16.3. The molecule has 1 aliphatic carbocycles. The molecule has 0 radical (unpaired) electrons. The zero-order valence-electron chi connectivity index (χ0n) is 29.2. The molecule has 4 aromatic heterocycles. The number of furan rings is 2. The lowest BCUT2D eigenvalue weighted by atomic mass is 9.93. The molecule has 0 unspecified atom stereocenters. The van der Waals surface area contributed by atoms with Crippen molar-refractivity contribution in [1.29, 1.82) is 0 Å². The summed E-state index contributed by atoms with van der Waals surface area (Å²) in [5.74, 6) is 0.628. The summed E-state index contributed by atoms with van der Waals surface area (Å²) >= 11 is 0. The number of hydrogen-bond donors (Lipinski definition) is 0. The van der Waals surface area contributed by atoms with Gasteiger partial charge >= 0.3 is 0 Å². The Morgan fingerprint density at radius 2 is 1.07 bits per heavy atom. The first-order chi connectivity index (χ1) is 27.3. The van der Waals surface area contributed by atoms with E-state index in [1.54, 1.807) is 0 Å². The average Bonchev–Trinajstić information content (AvgIpc) is 3.90. The Labute approximate surface area is 313 Å². The van der Waals surface area contributed by atoms with Crippen LogP contribution in [0.5, 0.6) is 0 Å². The Morgan fingerprint density at radius 3 is 1.95 bits per heavy atom. The minimum atomic E-state index is 0.628. The predicted octanol–water partition coefficient (Wildman–Crippen LogP) is 13.5. The number of fused-ring (bicyclic) bond motifs is 10. The van der Waals surface area contributed by atoms with Gasteiger partial charge in [-0.25, -0.2) is 9.97 Å². The number of hydrogen-bond acceptors (Lipinski definition) is 4. The number of aromatic nitrogens is 3.